The van der Waals surface area contributed by atoms with E-state index in [0.717, 1.165) is 43.5 Å². The molecule has 8 nitrogen and oxygen atoms in total. The molecule has 3 aromatic rings. The first-order valence-electron chi connectivity index (χ1n) is 10.8. The summed E-state index contributed by atoms with van der Waals surface area (Å²) in [5.74, 6) is -0.365. The van der Waals surface area contributed by atoms with Gasteiger partial charge in [-0.05, 0) is 55.0 Å². The molecule has 1 aliphatic rings. The molecular formula is C24H25N5O3S. The molecule has 4 rings (SSSR count). The molecule has 0 bridgehead atoms. The van der Waals surface area contributed by atoms with Gasteiger partial charge in [-0.15, -0.1) is 0 Å². The van der Waals surface area contributed by atoms with Crippen LogP contribution in [0.4, 0.5) is 5.00 Å². The van der Waals surface area contributed by atoms with Gasteiger partial charge in [-0.25, -0.2) is 4.98 Å². The minimum atomic E-state index is -0.701. The molecule has 0 spiro atoms. The van der Waals surface area contributed by atoms with Crippen LogP contribution in [-0.4, -0.2) is 45.7 Å². The standard InChI is InChI=1S/C24H25N5O3S/c1-15(30)29-12-8-17(9-13-29)14-16-2-4-18(5-3-16)22(32)28-24-20(21(25)31)27-23(33-24)19-6-10-26-11-7-19/h2-7,10-11,17H,8-9,12-14H2,1H3,(H2,25,31)(H,28,32). The predicted molar refractivity (Wildman–Crippen MR) is 127 cm³/mol. The number of benzene rings is 1. The summed E-state index contributed by atoms with van der Waals surface area (Å²) in [6.07, 6.45) is 6.16. The zero-order valence-electron chi connectivity index (χ0n) is 18.3. The van der Waals surface area contributed by atoms with Crippen LogP contribution in [0.2, 0.25) is 0 Å². The molecule has 3 heterocycles. The SMILES string of the molecule is CC(=O)N1CCC(Cc2ccc(C(=O)Nc3sc(-c4ccncc4)nc3C(N)=O)cc2)CC1. The van der Waals surface area contributed by atoms with Crippen LogP contribution in [-0.2, 0) is 11.2 Å². The van der Waals surface area contributed by atoms with E-state index >= 15 is 0 Å². The van der Waals surface area contributed by atoms with E-state index in [2.05, 4.69) is 15.3 Å². The summed E-state index contributed by atoms with van der Waals surface area (Å²) in [6, 6.07) is 11.0. The van der Waals surface area contributed by atoms with Crippen LogP contribution in [0.5, 0.6) is 0 Å². The van der Waals surface area contributed by atoms with Crippen molar-refractivity contribution < 1.29 is 14.4 Å². The smallest absolute Gasteiger partial charge is 0.270 e. The van der Waals surface area contributed by atoms with E-state index in [1.165, 1.54) is 11.3 Å². The van der Waals surface area contributed by atoms with Gasteiger partial charge in [0.05, 0.1) is 0 Å². The second kappa shape index (κ2) is 9.91. The van der Waals surface area contributed by atoms with Gasteiger partial charge in [0.2, 0.25) is 5.91 Å². The number of amides is 3. The fourth-order valence-corrected chi connectivity index (χ4v) is 4.91. The maximum Gasteiger partial charge on any atom is 0.270 e. The lowest BCUT2D eigenvalue weighted by molar-refractivity contribution is -0.130. The lowest BCUT2D eigenvalue weighted by atomic mass is 9.90. The number of aromatic nitrogens is 2. The van der Waals surface area contributed by atoms with Crippen LogP contribution < -0.4 is 11.1 Å². The highest BCUT2D eigenvalue weighted by Crippen LogP contribution is 2.32. The third kappa shape index (κ3) is 5.43. The summed E-state index contributed by atoms with van der Waals surface area (Å²) in [4.78, 5) is 46.3. The van der Waals surface area contributed by atoms with Crippen molar-refractivity contribution in [1.82, 2.24) is 14.9 Å². The van der Waals surface area contributed by atoms with Gasteiger partial charge in [-0.2, -0.15) is 0 Å². The Morgan fingerprint density at radius 2 is 1.76 bits per heavy atom. The summed E-state index contributed by atoms with van der Waals surface area (Å²) < 4.78 is 0. The molecular weight excluding hydrogens is 438 g/mol. The van der Waals surface area contributed by atoms with Gasteiger partial charge >= 0.3 is 0 Å². The number of rotatable bonds is 6. The summed E-state index contributed by atoms with van der Waals surface area (Å²) in [5, 5.41) is 3.67. The van der Waals surface area contributed by atoms with Gasteiger partial charge in [0.1, 0.15) is 10.0 Å². The van der Waals surface area contributed by atoms with Crippen molar-refractivity contribution in [2.24, 2.45) is 11.7 Å². The Kier molecular flexibility index (Phi) is 6.79. The average molecular weight is 464 g/mol. The lowest BCUT2D eigenvalue weighted by Gasteiger charge is -2.31. The first-order valence-corrected chi connectivity index (χ1v) is 11.6. The second-order valence-corrected chi connectivity index (χ2v) is 9.10. The third-order valence-corrected chi connectivity index (χ3v) is 6.84. The Labute approximate surface area is 195 Å². The van der Waals surface area contributed by atoms with Crippen LogP contribution in [0.25, 0.3) is 10.6 Å². The molecule has 0 aliphatic carbocycles. The Balaban J connectivity index is 1.41. The predicted octanol–water partition coefficient (Wildman–Crippen LogP) is 3.36. The van der Waals surface area contributed by atoms with Crippen molar-refractivity contribution in [2.75, 3.05) is 18.4 Å². The van der Waals surface area contributed by atoms with E-state index in [9.17, 15) is 14.4 Å². The topological polar surface area (TPSA) is 118 Å². The van der Waals surface area contributed by atoms with Crippen molar-refractivity contribution in [3.63, 3.8) is 0 Å². The molecule has 1 aliphatic heterocycles. The number of nitrogens with one attached hydrogen (secondary N) is 1. The zero-order chi connectivity index (χ0) is 23.4. The third-order valence-electron chi connectivity index (χ3n) is 5.82. The summed E-state index contributed by atoms with van der Waals surface area (Å²) in [6.45, 7) is 3.22. The Hall–Kier alpha value is -3.59. The van der Waals surface area contributed by atoms with Gasteiger partial charge in [-0.1, -0.05) is 23.5 Å². The second-order valence-electron chi connectivity index (χ2n) is 8.10. The monoisotopic (exact) mass is 463 g/mol. The van der Waals surface area contributed by atoms with Gasteiger partial charge in [0.25, 0.3) is 11.8 Å². The van der Waals surface area contributed by atoms with E-state index in [1.807, 2.05) is 17.0 Å². The molecule has 0 atom stereocenters. The van der Waals surface area contributed by atoms with Crippen molar-refractivity contribution in [3.05, 3.63) is 65.6 Å². The van der Waals surface area contributed by atoms with Crippen LogP contribution in [0.15, 0.2) is 48.8 Å². The first kappa shape index (κ1) is 22.6. The van der Waals surface area contributed by atoms with Gasteiger partial charge in [0.15, 0.2) is 5.69 Å². The number of carbonyl (C=O) groups excluding carboxylic acids is 3. The highest BCUT2D eigenvalue weighted by molar-refractivity contribution is 7.19. The molecule has 3 amide bonds. The number of nitrogens with two attached hydrogens (primary N) is 1. The van der Waals surface area contributed by atoms with E-state index < -0.39 is 5.91 Å². The Bertz CT molecular complexity index is 1150. The number of anilines is 1. The quantitative estimate of drug-likeness (QED) is 0.581. The fraction of sp³-hybridized carbons (Fsp3) is 0.292. The number of pyridine rings is 1. The number of hydrogen-bond donors (Lipinski definition) is 2. The number of primary amides is 1. The molecule has 2 aromatic heterocycles. The average Bonchev–Trinajstić information content (AvgIpc) is 3.24. The van der Waals surface area contributed by atoms with Crippen molar-refractivity contribution in [1.29, 1.82) is 0 Å². The maximum atomic E-state index is 12.8. The van der Waals surface area contributed by atoms with Gasteiger partial charge < -0.3 is 16.0 Å². The molecule has 9 heteroatoms. The molecule has 1 saturated heterocycles. The Morgan fingerprint density at radius 3 is 2.36 bits per heavy atom. The van der Waals surface area contributed by atoms with Crippen LogP contribution in [0.1, 0.15) is 46.2 Å². The Morgan fingerprint density at radius 1 is 1.09 bits per heavy atom. The number of piperidine rings is 1. The van der Waals surface area contributed by atoms with Crippen LogP contribution >= 0.6 is 11.3 Å². The molecule has 0 unspecified atom stereocenters. The molecule has 33 heavy (non-hydrogen) atoms. The number of hydrogen-bond acceptors (Lipinski definition) is 6. The maximum absolute atomic E-state index is 12.8. The minimum absolute atomic E-state index is 0.0358. The van der Waals surface area contributed by atoms with Crippen molar-refractivity contribution in [2.45, 2.75) is 26.2 Å². The van der Waals surface area contributed by atoms with Crippen molar-refractivity contribution in [3.8, 4) is 10.6 Å². The summed E-state index contributed by atoms with van der Waals surface area (Å²) in [7, 11) is 0. The molecule has 0 radical (unpaired) electrons. The van der Waals surface area contributed by atoms with Crippen LogP contribution in [0, 0.1) is 5.92 Å². The fourth-order valence-electron chi connectivity index (χ4n) is 3.94. The molecule has 1 aromatic carbocycles. The van der Waals surface area contributed by atoms with Gasteiger partial charge in [0, 0.05) is 43.5 Å². The molecule has 0 saturated carbocycles. The number of likely N-dealkylation sites (tertiary alicyclic amines) is 1. The summed E-state index contributed by atoms with van der Waals surface area (Å²) in [5.41, 5.74) is 7.94. The van der Waals surface area contributed by atoms with E-state index in [0.29, 0.717) is 21.5 Å². The number of thiazole rings is 1. The van der Waals surface area contributed by atoms with E-state index in [4.69, 9.17) is 5.73 Å². The zero-order valence-corrected chi connectivity index (χ0v) is 19.1. The first-order chi connectivity index (χ1) is 15.9. The van der Waals surface area contributed by atoms with Gasteiger partial charge in [-0.3, -0.25) is 19.4 Å². The largest absolute Gasteiger partial charge is 0.364 e. The van der Waals surface area contributed by atoms with E-state index in [1.54, 1.807) is 43.6 Å². The number of carbonyl (C=O) groups is 3. The molecule has 3 N–H and O–H groups in total. The minimum Gasteiger partial charge on any atom is -0.364 e. The molecule has 170 valence electrons. The normalized spacial score (nSPS) is 14.2. The highest BCUT2D eigenvalue weighted by Gasteiger charge is 2.22. The molecule has 1 fully saturated rings. The van der Waals surface area contributed by atoms with E-state index in [-0.39, 0.29) is 17.5 Å². The van der Waals surface area contributed by atoms with Crippen LogP contribution in [0.3, 0.4) is 0 Å². The lowest BCUT2D eigenvalue weighted by Crippen LogP contribution is -2.37. The van der Waals surface area contributed by atoms with Crippen molar-refractivity contribution >= 4 is 34.1 Å². The highest BCUT2D eigenvalue weighted by atomic mass is 32.1. The summed E-state index contributed by atoms with van der Waals surface area (Å²) >= 11 is 1.19. The number of nitrogens with zero attached hydrogens (tertiary/aromatic N) is 3.